The molecule has 2 N–H and O–H groups in total. The maximum absolute atomic E-state index is 13.6. The van der Waals surface area contributed by atoms with Gasteiger partial charge in [0.15, 0.2) is 15.8 Å². The highest BCUT2D eigenvalue weighted by molar-refractivity contribution is 7.89. The number of halogens is 1. The van der Waals surface area contributed by atoms with Crippen molar-refractivity contribution in [2.75, 3.05) is 26.9 Å². The van der Waals surface area contributed by atoms with Crippen molar-refractivity contribution in [3.8, 4) is 0 Å². The lowest BCUT2D eigenvalue weighted by molar-refractivity contribution is 0.247. The summed E-state index contributed by atoms with van der Waals surface area (Å²) in [4.78, 5) is 6.54. The molecule has 0 saturated heterocycles. The Hall–Kier alpha value is -1.67. The lowest BCUT2D eigenvalue weighted by Gasteiger charge is -2.25. The summed E-state index contributed by atoms with van der Waals surface area (Å²) >= 11 is 0. The lowest BCUT2D eigenvalue weighted by Crippen LogP contribution is -2.45. The van der Waals surface area contributed by atoms with Gasteiger partial charge in [0.2, 0.25) is 0 Å². The van der Waals surface area contributed by atoms with E-state index in [4.69, 9.17) is 0 Å². The van der Waals surface area contributed by atoms with E-state index in [1.807, 2.05) is 0 Å². The van der Waals surface area contributed by atoms with Gasteiger partial charge in [0.1, 0.15) is 5.82 Å². The van der Waals surface area contributed by atoms with Gasteiger partial charge in [0, 0.05) is 38.5 Å². The van der Waals surface area contributed by atoms with Crippen LogP contribution < -0.4 is 10.6 Å². The minimum absolute atomic E-state index is 0.112. The van der Waals surface area contributed by atoms with Crippen LogP contribution in [0, 0.1) is 5.82 Å². The van der Waals surface area contributed by atoms with Gasteiger partial charge in [0.05, 0.1) is 5.75 Å². The van der Waals surface area contributed by atoms with Crippen LogP contribution in [-0.2, 0) is 22.1 Å². The Morgan fingerprint density at radius 2 is 2.04 bits per heavy atom. The third kappa shape index (κ3) is 6.57. The first-order valence-electron chi connectivity index (χ1n) is 8.81. The predicted molar refractivity (Wildman–Crippen MR) is 103 cm³/mol. The molecule has 0 bridgehead atoms. The van der Waals surface area contributed by atoms with Gasteiger partial charge >= 0.3 is 0 Å². The highest BCUT2D eigenvalue weighted by Gasteiger charge is 2.28. The third-order valence-corrected chi connectivity index (χ3v) is 5.47. The minimum atomic E-state index is -3.19. The molecule has 0 spiro atoms. The summed E-state index contributed by atoms with van der Waals surface area (Å²) in [6, 6.07) is 5.23. The fraction of sp³-hybridized carbons (Fsp3) is 0.611. The number of nitrogens with zero attached hydrogens (tertiary/aromatic N) is 2. The summed E-state index contributed by atoms with van der Waals surface area (Å²) in [5.74, 6) is 0.108. The normalized spacial score (nSPS) is 16.6. The molecule has 0 amide bonds. The first kappa shape index (κ1) is 20.6. The van der Waals surface area contributed by atoms with Gasteiger partial charge in [-0.3, -0.25) is 9.89 Å². The van der Waals surface area contributed by atoms with Crippen molar-refractivity contribution < 1.29 is 12.8 Å². The number of hydrogen-bond acceptors (Lipinski definition) is 4. The van der Waals surface area contributed by atoms with E-state index < -0.39 is 9.84 Å². The monoisotopic (exact) mass is 384 g/mol. The molecule has 1 unspecified atom stereocenters. The molecule has 0 radical (unpaired) electrons. The van der Waals surface area contributed by atoms with Crippen molar-refractivity contribution in [3.63, 3.8) is 0 Å². The maximum Gasteiger partial charge on any atom is 0.191 e. The number of sulfone groups is 1. The second kappa shape index (κ2) is 8.81. The molecule has 6 nitrogen and oxygen atoms in total. The summed E-state index contributed by atoms with van der Waals surface area (Å²) in [7, 11) is 0.612. The highest BCUT2D eigenvalue weighted by atomic mass is 32.2. The molecule has 1 saturated carbocycles. The topological polar surface area (TPSA) is 73.8 Å². The largest absolute Gasteiger partial charge is 0.355 e. The Kier molecular flexibility index (Phi) is 7.00. The van der Waals surface area contributed by atoms with E-state index in [0.29, 0.717) is 35.7 Å². The van der Waals surface area contributed by atoms with Crippen LogP contribution in [0.3, 0.4) is 0 Å². The number of benzene rings is 1. The van der Waals surface area contributed by atoms with Crippen LogP contribution in [0.2, 0.25) is 0 Å². The number of rotatable bonds is 8. The standard InChI is InChI=1S/C18H29FN4O2S/c1-13(23(3)17-7-8-17)10-21-18(20-2)22-11-15-9-16(19)6-5-14(15)12-26(4,24)25/h5-6,9,13,17H,7-8,10-12H2,1-4H3,(H2,20,21,22). The van der Waals surface area contributed by atoms with Crippen molar-refractivity contribution in [1.29, 1.82) is 0 Å². The second-order valence-electron chi connectivity index (χ2n) is 7.04. The molecule has 2 rings (SSSR count). The molecule has 1 aliphatic rings. The van der Waals surface area contributed by atoms with Gasteiger partial charge < -0.3 is 10.6 Å². The lowest BCUT2D eigenvalue weighted by atomic mass is 10.1. The molecule has 0 aliphatic heterocycles. The van der Waals surface area contributed by atoms with E-state index in [0.717, 1.165) is 6.54 Å². The summed E-state index contributed by atoms with van der Waals surface area (Å²) in [6.07, 6.45) is 3.69. The fourth-order valence-electron chi connectivity index (χ4n) is 2.81. The quantitative estimate of drug-likeness (QED) is 0.525. The van der Waals surface area contributed by atoms with Crippen molar-refractivity contribution in [1.82, 2.24) is 15.5 Å². The molecule has 146 valence electrons. The fourth-order valence-corrected chi connectivity index (χ4v) is 3.66. The summed E-state index contributed by atoms with van der Waals surface area (Å²) in [5, 5.41) is 6.41. The Balaban J connectivity index is 1.94. The number of likely N-dealkylation sites (N-methyl/N-ethyl adjacent to an activating group) is 1. The van der Waals surface area contributed by atoms with Crippen molar-refractivity contribution >= 4 is 15.8 Å². The van der Waals surface area contributed by atoms with E-state index in [1.54, 1.807) is 7.05 Å². The van der Waals surface area contributed by atoms with Gasteiger partial charge in [-0.2, -0.15) is 0 Å². The minimum Gasteiger partial charge on any atom is -0.355 e. The highest BCUT2D eigenvalue weighted by Crippen LogP contribution is 2.26. The Morgan fingerprint density at radius 3 is 2.62 bits per heavy atom. The predicted octanol–water partition coefficient (Wildman–Crippen LogP) is 1.52. The second-order valence-corrected chi connectivity index (χ2v) is 9.18. The molecule has 1 aromatic carbocycles. The molecule has 0 aromatic heterocycles. The zero-order chi connectivity index (χ0) is 19.3. The molecule has 1 fully saturated rings. The maximum atomic E-state index is 13.6. The average Bonchev–Trinajstić information content (AvgIpc) is 3.40. The van der Waals surface area contributed by atoms with Crippen molar-refractivity contribution in [3.05, 3.63) is 35.1 Å². The van der Waals surface area contributed by atoms with Crippen LogP contribution >= 0.6 is 0 Å². The average molecular weight is 385 g/mol. The van der Waals surface area contributed by atoms with Crippen LogP contribution in [0.1, 0.15) is 30.9 Å². The molecule has 1 aromatic rings. The van der Waals surface area contributed by atoms with E-state index in [1.165, 1.54) is 37.3 Å². The zero-order valence-electron chi connectivity index (χ0n) is 15.9. The van der Waals surface area contributed by atoms with Gasteiger partial charge in [0.25, 0.3) is 0 Å². The van der Waals surface area contributed by atoms with Crippen molar-refractivity contribution in [2.24, 2.45) is 4.99 Å². The van der Waals surface area contributed by atoms with E-state index >= 15 is 0 Å². The summed E-state index contributed by atoms with van der Waals surface area (Å²) in [6.45, 7) is 3.20. The molecular formula is C18H29FN4O2S. The van der Waals surface area contributed by atoms with Gasteiger partial charge in [-0.1, -0.05) is 6.07 Å². The first-order valence-corrected chi connectivity index (χ1v) is 10.9. The zero-order valence-corrected chi connectivity index (χ0v) is 16.7. The molecular weight excluding hydrogens is 355 g/mol. The molecule has 26 heavy (non-hydrogen) atoms. The third-order valence-electron chi connectivity index (χ3n) is 4.64. The number of aliphatic imine (C=N–C) groups is 1. The Bertz CT molecular complexity index is 748. The van der Waals surface area contributed by atoms with Crippen LogP contribution in [0.25, 0.3) is 0 Å². The molecule has 1 atom stereocenters. The van der Waals surface area contributed by atoms with Gasteiger partial charge in [-0.15, -0.1) is 0 Å². The SMILES string of the molecule is CN=C(NCc1cc(F)ccc1CS(C)(=O)=O)NCC(C)N(C)C1CC1. The number of nitrogens with one attached hydrogen (secondary N) is 2. The Morgan fingerprint density at radius 1 is 1.35 bits per heavy atom. The smallest absolute Gasteiger partial charge is 0.191 e. The van der Waals surface area contributed by atoms with Crippen LogP contribution in [-0.4, -0.2) is 58.3 Å². The van der Waals surface area contributed by atoms with Crippen molar-refractivity contribution in [2.45, 2.75) is 44.1 Å². The number of guanidine groups is 1. The van der Waals surface area contributed by atoms with Crippen LogP contribution in [0.5, 0.6) is 0 Å². The van der Waals surface area contributed by atoms with Gasteiger partial charge in [-0.05, 0) is 50.1 Å². The Labute approximate surface area is 155 Å². The first-order chi connectivity index (χ1) is 12.2. The molecule has 8 heteroatoms. The van der Waals surface area contributed by atoms with E-state index in [-0.39, 0.29) is 11.6 Å². The van der Waals surface area contributed by atoms with E-state index in [9.17, 15) is 12.8 Å². The van der Waals surface area contributed by atoms with Gasteiger partial charge in [-0.25, -0.2) is 12.8 Å². The molecule has 0 heterocycles. The van der Waals surface area contributed by atoms with Crippen LogP contribution in [0.15, 0.2) is 23.2 Å². The number of hydrogen-bond donors (Lipinski definition) is 2. The van der Waals surface area contributed by atoms with Crippen LogP contribution in [0.4, 0.5) is 4.39 Å². The summed E-state index contributed by atoms with van der Waals surface area (Å²) < 4.78 is 36.7. The summed E-state index contributed by atoms with van der Waals surface area (Å²) in [5.41, 5.74) is 1.21. The molecule has 1 aliphatic carbocycles. The van der Waals surface area contributed by atoms with E-state index in [2.05, 4.69) is 34.5 Å².